The Morgan fingerprint density at radius 3 is 2.65 bits per heavy atom. The zero-order chi connectivity index (χ0) is 18.4. The van der Waals surface area contributed by atoms with Gasteiger partial charge in [-0.15, -0.1) is 5.10 Å². The first-order chi connectivity index (χ1) is 12.6. The van der Waals surface area contributed by atoms with Crippen LogP contribution in [0.5, 0.6) is 5.75 Å². The number of rotatable bonds is 7. The average Bonchev–Trinajstić information content (AvgIpc) is 3.09. The number of benzene rings is 2. The molecule has 134 valence electrons. The first kappa shape index (κ1) is 18.3. The fraction of sp³-hybridized carbons (Fsp3) is 0.167. The lowest BCUT2D eigenvalue weighted by Gasteiger charge is -2.04. The van der Waals surface area contributed by atoms with Gasteiger partial charge in [-0.1, -0.05) is 41.1 Å². The molecule has 0 saturated carbocycles. The van der Waals surface area contributed by atoms with Crippen molar-refractivity contribution in [2.24, 2.45) is 0 Å². The van der Waals surface area contributed by atoms with E-state index < -0.39 is 0 Å². The molecule has 2 aromatic carbocycles. The highest BCUT2D eigenvalue weighted by molar-refractivity contribution is 7.99. The van der Waals surface area contributed by atoms with Crippen molar-refractivity contribution >= 4 is 35.0 Å². The van der Waals surface area contributed by atoms with Gasteiger partial charge < -0.3 is 10.1 Å². The molecule has 0 saturated heterocycles. The summed E-state index contributed by atoms with van der Waals surface area (Å²) in [5.41, 5.74) is 1.92. The van der Waals surface area contributed by atoms with Crippen LogP contribution in [-0.2, 0) is 11.4 Å². The molecular formula is C18H17ClN4O2S. The number of ether oxygens (including phenoxy) is 1. The number of nitrogens with zero attached hydrogens (tertiary/aromatic N) is 2. The summed E-state index contributed by atoms with van der Waals surface area (Å²) in [6.07, 6.45) is 0. The number of anilines is 1. The second-order valence-corrected chi connectivity index (χ2v) is 6.89. The SMILES string of the molecule is Cc1ccc(NC(=O)CSc2n[nH]c(COc3ccc(Cl)cc3)n2)cc1. The maximum atomic E-state index is 12.0. The number of thioether (sulfide) groups is 1. The van der Waals surface area contributed by atoms with E-state index in [1.54, 1.807) is 24.3 Å². The first-order valence-corrected chi connectivity index (χ1v) is 9.24. The van der Waals surface area contributed by atoms with Gasteiger partial charge in [-0.2, -0.15) is 0 Å². The largest absolute Gasteiger partial charge is 0.486 e. The summed E-state index contributed by atoms with van der Waals surface area (Å²) in [7, 11) is 0. The van der Waals surface area contributed by atoms with Crippen molar-refractivity contribution in [2.45, 2.75) is 18.7 Å². The molecule has 0 fully saturated rings. The van der Waals surface area contributed by atoms with Crippen LogP contribution in [0.25, 0.3) is 0 Å². The molecule has 6 nitrogen and oxygen atoms in total. The van der Waals surface area contributed by atoms with Crippen LogP contribution in [0.1, 0.15) is 11.4 Å². The Morgan fingerprint density at radius 2 is 1.92 bits per heavy atom. The lowest BCUT2D eigenvalue weighted by Crippen LogP contribution is -2.14. The lowest BCUT2D eigenvalue weighted by atomic mass is 10.2. The topological polar surface area (TPSA) is 79.9 Å². The number of nitrogens with one attached hydrogen (secondary N) is 2. The number of halogens is 1. The quantitative estimate of drug-likeness (QED) is 0.596. The summed E-state index contributed by atoms with van der Waals surface area (Å²) in [4.78, 5) is 16.3. The minimum Gasteiger partial charge on any atom is -0.486 e. The van der Waals surface area contributed by atoms with E-state index in [0.717, 1.165) is 11.3 Å². The van der Waals surface area contributed by atoms with Crippen LogP contribution in [0.3, 0.4) is 0 Å². The third-order valence-electron chi connectivity index (χ3n) is 3.37. The lowest BCUT2D eigenvalue weighted by molar-refractivity contribution is -0.113. The van der Waals surface area contributed by atoms with Gasteiger partial charge in [0.1, 0.15) is 12.4 Å². The van der Waals surface area contributed by atoms with Gasteiger partial charge in [-0.3, -0.25) is 9.89 Å². The molecule has 1 heterocycles. The Labute approximate surface area is 160 Å². The molecule has 3 aromatic rings. The highest BCUT2D eigenvalue weighted by Crippen LogP contribution is 2.17. The van der Waals surface area contributed by atoms with Crippen LogP contribution in [-0.4, -0.2) is 26.8 Å². The van der Waals surface area contributed by atoms with Crippen LogP contribution in [0.4, 0.5) is 5.69 Å². The number of H-pyrrole nitrogens is 1. The fourth-order valence-electron chi connectivity index (χ4n) is 2.05. The van der Waals surface area contributed by atoms with E-state index in [0.29, 0.717) is 21.8 Å². The second kappa shape index (κ2) is 8.73. The molecule has 8 heteroatoms. The van der Waals surface area contributed by atoms with Crippen molar-refractivity contribution in [2.75, 3.05) is 11.1 Å². The normalized spacial score (nSPS) is 10.5. The first-order valence-electron chi connectivity index (χ1n) is 7.87. The zero-order valence-electron chi connectivity index (χ0n) is 14.0. The number of hydrogen-bond donors (Lipinski definition) is 2. The smallest absolute Gasteiger partial charge is 0.234 e. The summed E-state index contributed by atoms with van der Waals surface area (Å²) in [6.45, 7) is 2.25. The molecule has 0 bridgehead atoms. The van der Waals surface area contributed by atoms with E-state index in [-0.39, 0.29) is 18.3 Å². The summed E-state index contributed by atoms with van der Waals surface area (Å²) in [5, 5.41) is 10.9. The number of aromatic nitrogens is 3. The molecule has 0 aliphatic heterocycles. The number of aromatic amines is 1. The van der Waals surface area contributed by atoms with Crippen LogP contribution < -0.4 is 10.1 Å². The molecule has 0 aliphatic carbocycles. The maximum absolute atomic E-state index is 12.0. The predicted molar refractivity (Wildman–Crippen MR) is 103 cm³/mol. The van der Waals surface area contributed by atoms with Crippen LogP contribution in [0.2, 0.25) is 5.02 Å². The zero-order valence-corrected chi connectivity index (χ0v) is 15.6. The van der Waals surface area contributed by atoms with E-state index in [2.05, 4.69) is 20.5 Å². The number of aryl methyl sites for hydroxylation is 1. The van der Waals surface area contributed by atoms with Gasteiger partial charge in [-0.05, 0) is 43.3 Å². The Hall–Kier alpha value is -2.51. The summed E-state index contributed by atoms with van der Waals surface area (Å²) in [6, 6.07) is 14.7. The third-order valence-corrected chi connectivity index (χ3v) is 4.47. The highest BCUT2D eigenvalue weighted by atomic mass is 35.5. The summed E-state index contributed by atoms with van der Waals surface area (Å²) in [5.74, 6) is 1.39. The van der Waals surface area contributed by atoms with Crippen molar-refractivity contribution in [3.05, 3.63) is 64.9 Å². The third kappa shape index (κ3) is 5.50. The maximum Gasteiger partial charge on any atom is 0.234 e. The minimum atomic E-state index is -0.109. The van der Waals surface area contributed by atoms with Crippen molar-refractivity contribution < 1.29 is 9.53 Å². The highest BCUT2D eigenvalue weighted by Gasteiger charge is 2.08. The Kier molecular flexibility index (Phi) is 6.14. The van der Waals surface area contributed by atoms with E-state index >= 15 is 0 Å². The number of carbonyl (C=O) groups is 1. The van der Waals surface area contributed by atoms with Gasteiger partial charge >= 0.3 is 0 Å². The van der Waals surface area contributed by atoms with Gasteiger partial charge in [0, 0.05) is 10.7 Å². The molecular weight excluding hydrogens is 372 g/mol. The van der Waals surface area contributed by atoms with Crippen LogP contribution in [0.15, 0.2) is 53.7 Å². The molecule has 1 aromatic heterocycles. The van der Waals surface area contributed by atoms with E-state index in [9.17, 15) is 4.79 Å². The monoisotopic (exact) mass is 388 g/mol. The molecule has 3 rings (SSSR count). The van der Waals surface area contributed by atoms with Gasteiger partial charge in [0.15, 0.2) is 5.82 Å². The Morgan fingerprint density at radius 1 is 1.19 bits per heavy atom. The fourth-order valence-corrected chi connectivity index (χ4v) is 2.80. The Bertz CT molecular complexity index is 866. The minimum absolute atomic E-state index is 0.109. The molecule has 26 heavy (non-hydrogen) atoms. The van der Waals surface area contributed by atoms with Gasteiger partial charge in [0.05, 0.1) is 5.75 Å². The molecule has 1 amide bonds. The predicted octanol–water partition coefficient (Wildman–Crippen LogP) is 4.08. The standard InChI is InChI=1S/C18H17ClN4O2S/c1-12-2-6-14(7-3-12)20-17(24)11-26-18-21-16(22-23-18)10-25-15-8-4-13(19)5-9-15/h2-9H,10-11H2,1H3,(H,20,24)(H,21,22,23). The van der Waals surface area contributed by atoms with Crippen molar-refractivity contribution in [3.8, 4) is 5.75 Å². The van der Waals surface area contributed by atoms with E-state index in [4.69, 9.17) is 16.3 Å². The molecule has 2 N–H and O–H groups in total. The number of carbonyl (C=O) groups excluding carboxylic acids is 1. The van der Waals surface area contributed by atoms with Crippen LogP contribution >= 0.6 is 23.4 Å². The molecule has 0 atom stereocenters. The van der Waals surface area contributed by atoms with Gasteiger partial charge in [-0.25, -0.2) is 4.98 Å². The van der Waals surface area contributed by atoms with Crippen molar-refractivity contribution in [1.29, 1.82) is 0 Å². The molecule has 0 aliphatic rings. The van der Waals surface area contributed by atoms with E-state index in [1.165, 1.54) is 11.8 Å². The van der Waals surface area contributed by atoms with Gasteiger partial charge in [0.2, 0.25) is 11.1 Å². The summed E-state index contributed by atoms with van der Waals surface area (Å²) < 4.78 is 5.59. The molecule has 0 spiro atoms. The van der Waals surface area contributed by atoms with Gasteiger partial charge in [0.25, 0.3) is 0 Å². The summed E-state index contributed by atoms with van der Waals surface area (Å²) >= 11 is 7.09. The van der Waals surface area contributed by atoms with Crippen molar-refractivity contribution in [3.63, 3.8) is 0 Å². The average molecular weight is 389 g/mol. The number of amides is 1. The van der Waals surface area contributed by atoms with E-state index in [1.807, 2.05) is 31.2 Å². The second-order valence-electron chi connectivity index (χ2n) is 5.51. The Balaban J connectivity index is 1.45. The molecule has 0 radical (unpaired) electrons. The number of hydrogen-bond acceptors (Lipinski definition) is 5. The van der Waals surface area contributed by atoms with Crippen LogP contribution in [0, 0.1) is 6.92 Å². The molecule has 0 unspecified atom stereocenters. The van der Waals surface area contributed by atoms with Crippen molar-refractivity contribution in [1.82, 2.24) is 15.2 Å².